The van der Waals surface area contributed by atoms with Gasteiger partial charge in [0.2, 0.25) is 17.7 Å². The molecule has 3 amide bonds. The minimum Gasteiger partial charge on any atom is -0.480 e. The van der Waals surface area contributed by atoms with Gasteiger partial charge in [0.1, 0.15) is 11.6 Å². The number of amides is 3. The van der Waals surface area contributed by atoms with Crippen LogP contribution in [-0.2, 0) is 60.8 Å². The van der Waals surface area contributed by atoms with Crippen LogP contribution in [0.2, 0.25) is 0 Å². The number of aliphatic carboxylic acids is 3. The fourth-order valence-corrected chi connectivity index (χ4v) is 9.98. The molecular weight excluding hydrogens is 995 g/mol. The van der Waals surface area contributed by atoms with Crippen LogP contribution in [0.5, 0.6) is 0 Å². The second kappa shape index (κ2) is 30.9. The Balaban J connectivity index is 1.20. The molecule has 8 N–H and O–H groups in total. The van der Waals surface area contributed by atoms with E-state index in [0.29, 0.717) is 52.1 Å². The number of hydrogen-bond donors (Lipinski definition) is 7. The number of carboxylic acid groups (broad SMARTS) is 3. The number of ketones is 4. The number of nitrogens with two attached hydrogens (primary N) is 1. The van der Waals surface area contributed by atoms with Gasteiger partial charge >= 0.3 is 17.9 Å². The second-order valence-corrected chi connectivity index (χ2v) is 20.7. The first-order valence-corrected chi connectivity index (χ1v) is 26.5. The van der Waals surface area contributed by atoms with E-state index in [1.807, 2.05) is 52.3 Å². The average Bonchev–Trinajstić information content (AvgIpc) is 3.78. The summed E-state index contributed by atoms with van der Waals surface area (Å²) < 4.78 is 0. The van der Waals surface area contributed by atoms with Crippen molar-refractivity contribution in [3.63, 3.8) is 0 Å². The lowest BCUT2D eigenvalue weighted by Crippen LogP contribution is -2.50. The number of primary amides is 1. The number of fused-ring (bicyclic) bond motifs is 1. The largest absolute Gasteiger partial charge is 0.480 e. The molecule has 2 aliphatic heterocycles. The summed E-state index contributed by atoms with van der Waals surface area (Å²) in [5, 5.41) is 35.2. The van der Waals surface area contributed by atoms with Gasteiger partial charge in [0.25, 0.3) is 0 Å². The first-order valence-electron chi connectivity index (χ1n) is 26.5. The minimum absolute atomic E-state index is 0.0205. The Bertz CT molecular complexity index is 2480. The normalized spacial score (nSPS) is 17.7. The molecule has 22 nitrogen and oxygen atoms in total. The highest BCUT2D eigenvalue weighted by Crippen LogP contribution is 2.24. The van der Waals surface area contributed by atoms with Crippen LogP contribution >= 0.6 is 0 Å². The highest BCUT2D eigenvalue weighted by Gasteiger charge is 2.33. The Morgan fingerprint density at radius 1 is 0.623 bits per heavy atom. The number of nitrogens with zero attached hydrogens (tertiary/aromatic N) is 5. The van der Waals surface area contributed by atoms with Crippen LogP contribution < -0.4 is 16.4 Å². The lowest BCUT2D eigenvalue weighted by molar-refractivity contribution is -0.140. The standard InChI is InChI=1S/C55H77N9O13/c1-37(38(2)65)26-48(67)47(29-42-31-57-45-11-7-6-10-44(42)45)59-55(77)41(12-13-50(56)69)30-49(68)46(28-39-8-4-3-5-9-39)58-51(70)33-60-16-14-40(15-17-60)27-43(66)32-61-18-20-62(34-52(71)72)22-24-64(36-54(75)76)25-23-63(21-19-61)35-53(73)74/h3-11,31,37,40-41,46-47,57H,12-30,32-36H2,1-2H3,(H2,56,69)(H,58,70)(H,59,77)(H,71,72)(H,73,74)(H,75,76)/t37-,41-,46-,47+/m1/s1. The van der Waals surface area contributed by atoms with Crippen LogP contribution in [-0.4, -0.2) is 214 Å². The van der Waals surface area contributed by atoms with Crippen molar-refractivity contribution in [2.45, 2.75) is 83.7 Å². The summed E-state index contributed by atoms with van der Waals surface area (Å²) in [6.07, 6.45) is 2.66. The van der Waals surface area contributed by atoms with Gasteiger partial charge in [-0.05, 0) is 68.8 Å². The molecule has 2 aliphatic rings. The zero-order valence-corrected chi connectivity index (χ0v) is 44.4. The van der Waals surface area contributed by atoms with Gasteiger partial charge in [0.15, 0.2) is 11.6 Å². The molecular formula is C55H77N9O13. The number of carboxylic acids is 3. The van der Waals surface area contributed by atoms with Crippen molar-refractivity contribution in [3.8, 4) is 0 Å². The Morgan fingerprint density at radius 2 is 1.12 bits per heavy atom. The van der Waals surface area contributed by atoms with E-state index in [-0.39, 0.29) is 127 Å². The minimum atomic E-state index is -1.10. The van der Waals surface area contributed by atoms with Crippen LogP contribution in [0.15, 0.2) is 60.8 Å². The molecule has 2 aromatic carbocycles. The third-order valence-corrected chi connectivity index (χ3v) is 14.6. The molecule has 0 bridgehead atoms. The predicted molar refractivity (Wildman–Crippen MR) is 284 cm³/mol. The number of carbonyl (C=O) groups excluding carboxylic acids is 7. The second-order valence-electron chi connectivity index (χ2n) is 20.7. The van der Waals surface area contributed by atoms with Crippen molar-refractivity contribution >= 4 is 69.7 Å². The molecule has 2 fully saturated rings. The lowest BCUT2D eigenvalue weighted by atomic mass is 9.89. The number of aromatic nitrogens is 1. The number of Topliss-reactive ketones (excluding diaryl/α,β-unsaturated/α-hetero) is 4. The van der Waals surface area contributed by atoms with E-state index >= 15 is 0 Å². The number of H-pyrrole nitrogens is 1. The number of aromatic amines is 1. The molecule has 0 spiro atoms. The molecule has 3 aromatic rings. The van der Waals surface area contributed by atoms with E-state index in [4.69, 9.17) is 5.73 Å². The quantitative estimate of drug-likeness (QED) is 0.0512. The molecule has 0 unspecified atom stereocenters. The summed E-state index contributed by atoms with van der Waals surface area (Å²) in [5.74, 6) is -7.59. The van der Waals surface area contributed by atoms with Gasteiger partial charge in [0, 0.05) is 113 Å². The smallest absolute Gasteiger partial charge is 0.317 e. The van der Waals surface area contributed by atoms with Crippen molar-refractivity contribution < 1.29 is 63.3 Å². The van der Waals surface area contributed by atoms with Gasteiger partial charge in [-0.3, -0.25) is 72.4 Å². The molecule has 0 saturated carbocycles. The summed E-state index contributed by atoms with van der Waals surface area (Å²) in [5.41, 5.74) is 7.89. The number of hydrogen-bond acceptors (Lipinski definition) is 15. The molecule has 4 atom stereocenters. The maximum Gasteiger partial charge on any atom is 0.317 e. The van der Waals surface area contributed by atoms with Crippen molar-refractivity contribution in [1.82, 2.24) is 40.1 Å². The fourth-order valence-electron chi connectivity index (χ4n) is 9.98. The Kier molecular flexibility index (Phi) is 24.5. The van der Waals surface area contributed by atoms with Gasteiger partial charge in [0.05, 0.1) is 44.8 Å². The monoisotopic (exact) mass is 1070 g/mol. The van der Waals surface area contributed by atoms with Crippen LogP contribution in [0.1, 0.15) is 69.9 Å². The van der Waals surface area contributed by atoms with Crippen molar-refractivity contribution in [2.24, 2.45) is 23.5 Å². The number of benzene rings is 2. The summed E-state index contributed by atoms with van der Waals surface area (Å²) in [7, 11) is 0. The van der Waals surface area contributed by atoms with Crippen LogP contribution in [0, 0.1) is 17.8 Å². The van der Waals surface area contributed by atoms with Crippen molar-refractivity contribution in [3.05, 3.63) is 71.9 Å². The molecule has 0 radical (unpaired) electrons. The first-order chi connectivity index (χ1) is 36.7. The van der Waals surface area contributed by atoms with Crippen molar-refractivity contribution in [2.75, 3.05) is 98.2 Å². The van der Waals surface area contributed by atoms with Gasteiger partial charge in [-0.15, -0.1) is 0 Å². The van der Waals surface area contributed by atoms with Gasteiger partial charge < -0.3 is 36.7 Å². The number of likely N-dealkylation sites (tertiary alicyclic amines) is 1. The molecule has 1 aromatic heterocycles. The average molecular weight is 1070 g/mol. The van der Waals surface area contributed by atoms with E-state index in [0.717, 1.165) is 22.0 Å². The lowest BCUT2D eigenvalue weighted by Gasteiger charge is -2.33. The zero-order chi connectivity index (χ0) is 56.0. The SMILES string of the molecule is CC(=O)[C@H](C)CC(=O)[C@H](Cc1c[nH]c2ccccc12)NC(=O)[C@H](CCC(N)=O)CC(=O)[C@@H](Cc1ccccc1)NC(=O)CN1CCC(CC(=O)CN2CCN(CC(=O)O)CCN(CC(=O)O)CCN(CC(=O)O)CC2)CC1. The third kappa shape index (κ3) is 21.7. The number of piperidine rings is 1. The van der Waals surface area contributed by atoms with Gasteiger partial charge in [-0.1, -0.05) is 55.5 Å². The molecule has 22 heteroatoms. The topological polar surface area (TPSA) is 313 Å². The third-order valence-electron chi connectivity index (χ3n) is 14.6. The zero-order valence-electron chi connectivity index (χ0n) is 44.4. The number of para-hydroxylation sites is 1. The number of rotatable bonds is 29. The van der Waals surface area contributed by atoms with E-state index < -0.39 is 65.3 Å². The van der Waals surface area contributed by atoms with E-state index in [2.05, 4.69) is 15.6 Å². The summed E-state index contributed by atoms with van der Waals surface area (Å²) in [6, 6.07) is 14.4. The van der Waals surface area contributed by atoms with E-state index in [1.54, 1.807) is 40.0 Å². The molecule has 2 saturated heterocycles. The Morgan fingerprint density at radius 3 is 1.65 bits per heavy atom. The maximum absolute atomic E-state index is 14.4. The molecule has 5 rings (SSSR count). The Hall–Kier alpha value is -6.72. The molecule has 0 aliphatic carbocycles. The summed E-state index contributed by atoms with van der Waals surface area (Å²) in [4.78, 5) is 141. The number of carbonyl (C=O) groups is 10. The molecule has 420 valence electrons. The first kappa shape index (κ1) is 61.1. The summed E-state index contributed by atoms with van der Waals surface area (Å²) >= 11 is 0. The van der Waals surface area contributed by atoms with Crippen LogP contribution in [0.4, 0.5) is 0 Å². The van der Waals surface area contributed by atoms with Crippen LogP contribution in [0.25, 0.3) is 10.9 Å². The van der Waals surface area contributed by atoms with Crippen LogP contribution in [0.3, 0.4) is 0 Å². The Labute approximate surface area is 449 Å². The molecule has 3 heterocycles. The van der Waals surface area contributed by atoms with E-state index in [9.17, 15) is 63.3 Å². The predicted octanol–water partition coefficient (Wildman–Crippen LogP) is 1.09. The highest BCUT2D eigenvalue weighted by molar-refractivity contribution is 5.96. The maximum atomic E-state index is 14.4. The number of nitrogens with one attached hydrogen (secondary N) is 3. The van der Waals surface area contributed by atoms with Crippen molar-refractivity contribution in [1.29, 1.82) is 0 Å². The van der Waals surface area contributed by atoms with Gasteiger partial charge in [-0.25, -0.2) is 0 Å². The fraction of sp³-hybridized carbons (Fsp3) is 0.564. The summed E-state index contributed by atoms with van der Waals surface area (Å²) in [6.45, 7) is 5.56. The van der Waals surface area contributed by atoms with E-state index in [1.165, 1.54) is 6.92 Å². The van der Waals surface area contributed by atoms with Gasteiger partial charge in [-0.2, -0.15) is 0 Å². The highest BCUT2D eigenvalue weighted by atomic mass is 16.4. The molecule has 77 heavy (non-hydrogen) atoms.